The highest BCUT2D eigenvalue weighted by atomic mass is 35.5. The Kier molecular flexibility index (Phi) is 3.65. The second kappa shape index (κ2) is 5.46. The second-order valence-corrected chi connectivity index (χ2v) is 6.10. The van der Waals surface area contributed by atoms with Crippen LogP contribution in [0.15, 0.2) is 41.7 Å². The Morgan fingerprint density at radius 3 is 2.81 bits per heavy atom. The Morgan fingerprint density at radius 1 is 1.29 bits per heavy atom. The summed E-state index contributed by atoms with van der Waals surface area (Å²) in [7, 11) is 0.356. The summed E-state index contributed by atoms with van der Waals surface area (Å²) in [6.07, 6.45) is 3.19. The largest absolute Gasteiger partial charge is 0.496 e. The summed E-state index contributed by atoms with van der Waals surface area (Å²) in [5.74, 6) is 0.692. The average molecular weight is 322 g/mol. The molecule has 1 aromatic carbocycles. The van der Waals surface area contributed by atoms with Gasteiger partial charge in [-0.25, -0.2) is 9.50 Å². The molecule has 3 rings (SSSR count). The SMILES string of the molecule is COc1ccc(Cl)cc1-c1ccc2cnc(S(C)=O)nn12. The minimum atomic E-state index is -1.25. The number of methoxy groups -OCH3 is 1. The van der Waals surface area contributed by atoms with Crippen molar-refractivity contribution in [2.45, 2.75) is 5.16 Å². The van der Waals surface area contributed by atoms with Crippen molar-refractivity contribution in [1.82, 2.24) is 14.6 Å². The van der Waals surface area contributed by atoms with E-state index >= 15 is 0 Å². The molecule has 0 amide bonds. The predicted molar refractivity (Wildman–Crippen MR) is 82.3 cm³/mol. The van der Waals surface area contributed by atoms with Crippen molar-refractivity contribution in [1.29, 1.82) is 0 Å². The van der Waals surface area contributed by atoms with Gasteiger partial charge < -0.3 is 4.74 Å². The highest BCUT2D eigenvalue weighted by Gasteiger charge is 2.13. The monoisotopic (exact) mass is 321 g/mol. The lowest BCUT2D eigenvalue weighted by molar-refractivity contribution is 0.416. The third-order valence-electron chi connectivity index (χ3n) is 3.07. The zero-order valence-electron chi connectivity index (χ0n) is 11.4. The molecule has 0 fully saturated rings. The number of hydrogen-bond donors (Lipinski definition) is 0. The van der Waals surface area contributed by atoms with Gasteiger partial charge in [0.15, 0.2) is 0 Å². The maximum Gasteiger partial charge on any atom is 0.237 e. The molecule has 0 saturated heterocycles. The fourth-order valence-corrected chi connectivity index (χ4v) is 2.67. The lowest BCUT2D eigenvalue weighted by Crippen LogP contribution is -2.03. The van der Waals surface area contributed by atoms with Crippen molar-refractivity contribution >= 4 is 27.9 Å². The number of aromatic nitrogens is 3. The van der Waals surface area contributed by atoms with Crippen LogP contribution in [0.3, 0.4) is 0 Å². The number of fused-ring (bicyclic) bond motifs is 1. The fourth-order valence-electron chi connectivity index (χ4n) is 2.10. The average Bonchev–Trinajstić information content (AvgIpc) is 2.89. The molecule has 0 spiro atoms. The molecular formula is C14H12ClN3O2S. The molecule has 7 heteroatoms. The van der Waals surface area contributed by atoms with Crippen LogP contribution in [0.25, 0.3) is 16.8 Å². The number of rotatable bonds is 3. The van der Waals surface area contributed by atoms with Gasteiger partial charge in [0.2, 0.25) is 5.16 Å². The van der Waals surface area contributed by atoms with Crippen LogP contribution in [0.1, 0.15) is 0 Å². The van der Waals surface area contributed by atoms with E-state index in [0.717, 1.165) is 16.8 Å². The number of nitrogens with zero attached hydrogens (tertiary/aromatic N) is 3. The number of hydrogen-bond acceptors (Lipinski definition) is 4. The van der Waals surface area contributed by atoms with Crippen molar-refractivity contribution in [2.75, 3.05) is 13.4 Å². The Labute approximate surface area is 129 Å². The van der Waals surface area contributed by atoms with E-state index in [2.05, 4.69) is 10.1 Å². The molecule has 0 N–H and O–H groups in total. The van der Waals surface area contributed by atoms with Crippen LogP contribution in [-0.4, -0.2) is 32.2 Å². The first-order valence-electron chi connectivity index (χ1n) is 6.12. The lowest BCUT2D eigenvalue weighted by atomic mass is 10.1. The van der Waals surface area contributed by atoms with Gasteiger partial charge in [0.1, 0.15) is 5.75 Å². The van der Waals surface area contributed by atoms with Gasteiger partial charge in [-0.3, -0.25) is 4.21 Å². The summed E-state index contributed by atoms with van der Waals surface area (Å²) in [5.41, 5.74) is 2.43. The van der Waals surface area contributed by atoms with E-state index in [1.165, 1.54) is 0 Å². The van der Waals surface area contributed by atoms with Crippen LogP contribution in [-0.2, 0) is 10.8 Å². The Balaban J connectivity index is 2.27. The Hall–Kier alpha value is -1.92. The summed E-state index contributed by atoms with van der Waals surface area (Å²) in [6, 6.07) is 9.17. The van der Waals surface area contributed by atoms with E-state index in [1.54, 1.807) is 36.2 Å². The van der Waals surface area contributed by atoms with Crippen LogP contribution in [0.4, 0.5) is 0 Å². The molecule has 3 aromatic rings. The normalized spacial score (nSPS) is 12.5. The van der Waals surface area contributed by atoms with Gasteiger partial charge in [0.05, 0.1) is 35.3 Å². The molecule has 21 heavy (non-hydrogen) atoms. The first-order chi connectivity index (χ1) is 10.1. The first-order valence-corrected chi connectivity index (χ1v) is 8.06. The van der Waals surface area contributed by atoms with E-state index in [4.69, 9.17) is 16.3 Å². The molecule has 1 unspecified atom stereocenters. The zero-order valence-corrected chi connectivity index (χ0v) is 13.0. The van der Waals surface area contributed by atoms with Crippen LogP contribution < -0.4 is 4.74 Å². The number of benzene rings is 1. The Bertz CT molecular complexity index is 847. The van der Waals surface area contributed by atoms with Gasteiger partial charge in [0, 0.05) is 16.8 Å². The van der Waals surface area contributed by atoms with Gasteiger partial charge in [-0.05, 0) is 30.3 Å². The standard InChI is InChI=1S/C14H12ClN3O2S/c1-20-13-6-3-9(15)7-11(13)12-5-4-10-8-16-14(21(2)19)17-18(10)12/h3-8H,1-2H3. The van der Waals surface area contributed by atoms with E-state index in [1.807, 2.05) is 18.2 Å². The maximum absolute atomic E-state index is 11.6. The summed E-state index contributed by atoms with van der Waals surface area (Å²) >= 11 is 6.08. The van der Waals surface area contributed by atoms with Crippen molar-refractivity contribution in [2.24, 2.45) is 0 Å². The summed E-state index contributed by atoms with van der Waals surface area (Å²) in [4.78, 5) is 4.08. The van der Waals surface area contributed by atoms with Gasteiger partial charge in [-0.1, -0.05) is 11.6 Å². The maximum atomic E-state index is 11.6. The van der Waals surface area contributed by atoms with E-state index in [0.29, 0.717) is 10.8 Å². The van der Waals surface area contributed by atoms with E-state index < -0.39 is 10.8 Å². The van der Waals surface area contributed by atoms with Gasteiger partial charge >= 0.3 is 0 Å². The van der Waals surface area contributed by atoms with Gasteiger partial charge in [-0.2, -0.15) is 0 Å². The second-order valence-electron chi connectivity index (χ2n) is 4.39. The molecular weight excluding hydrogens is 310 g/mol. The smallest absolute Gasteiger partial charge is 0.237 e. The highest BCUT2D eigenvalue weighted by molar-refractivity contribution is 7.84. The van der Waals surface area contributed by atoms with Crippen LogP contribution in [0, 0.1) is 0 Å². The highest BCUT2D eigenvalue weighted by Crippen LogP contribution is 2.33. The minimum absolute atomic E-state index is 0.279. The summed E-state index contributed by atoms with van der Waals surface area (Å²) < 4.78 is 18.6. The van der Waals surface area contributed by atoms with Crippen LogP contribution in [0.5, 0.6) is 5.75 Å². The predicted octanol–water partition coefficient (Wildman–Crippen LogP) is 2.80. The van der Waals surface area contributed by atoms with Crippen LogP contribution in [0.2, 0.25) is 5.02 Å². The number of halogens is 1. The number of ether oxygens (including phenoxy) is 1. The van der Waals surface area contributed by atoms with Gasteiger partial charge in [-0.15, -0.1) is 5.10 Å². The minimum Gasteiger partial charge on any atom is -0.496 e. The molecule has 0 aliphatic heterocycles. The molecule has 108 valence electrons. The molecule has 0 aliphatic carbocycles. The van der Waals surface area contributed by atoms with Gasteiger partial charge in [0.25, 0.3) is 0 Å². The molecule has 2 heterocycles. The molecule has 0 saturated carbocycles. The van der Waals surface area contributed by atoms with Crippen LogP contribution >= 0.6 is 11.6 Å². The molecule has 2 aromatic heterocycles. The molecule has 0 radical (unpaired) electrons. The van der Waals surface area contributed by atoms with E-state index in [9.17, 15) is 4.21 Å². The first kappa shape index (κ1) is 14.0. The molecule has 0 aliphatic rings. The van der Waals surface area contributed by atoms with E-state index in [-0.39, 0.29) is 5.16 Å². The Morgan fingerprint density at radius 2 is 2.10 bits per heavy atom. The van der Waals surface area contributed by atoms with Crippen molar-refractivity contribution in [3.8, 4) is 17.0 Å². The third-order valence-corrected chi connectivity index (χ3v) is 4.01. The lowest BCUT2D eigenvalue weighted by Gasteiger charge is -2.09. The molecule has 5 nitrogen and oxygen atoms in total. The van der Waals surface area contributed by atoms with Crippen molar-refractivity contribution < 1.29 is 8.95 Å². The topological polar surface area (TPSA) is 56.5 Å². The molecule has 0 bridgehead atoms. The zero-order chi connectivity index (χ0) is 15.0. The van der Waals surface area contributed by atoms with Crippen molar-refractivity contribution in [3.63, 3.8) is 0 Å². The summed E-state index contributed by atoms with van der Waals surface area (Å²) in [5, 5.41) is 5.21. The van der Waals surface area contributed by atoms with Crippen molar-refractivity contribution in [3.05, 3.63) is 41.6 Å². The molecule has 1 atom stereocenters. The third kappa shape index (κ3) is 2.52. The fraction of sp³-hybridized carbons (Fsp3) is 0.143. The quantitative estimate of drug-likeness (QED) is 0.744. The summed E-state index contributed by atoms with van der Waals surface area (Å²) in [6.45, 7) is 0.